The Bertz CT molecular complexity index is 585. The van der Waals surface area contributed by atoms with E-state index in [1.54, 1.807) is 7.11 Å². The standard InChI is InChI=1S/C15H15IN2O2/c1-20-14-5-3-2-4-13(14)17-10-15(19)18-12-8-6-11(16)7-9-12/h2-9,17H,10H2,1H3,(H,18,19). The van der Waals surface area contributed by atoms with E-state index in [4.69, 9.17) is 4.74 Å². The van der Waals surface area contributed by atoms with E-state index in [-0.39, 0.29) is 12.5 Å². The Kier molecular flexibility index (Phi) is 5.23. The summed E-state index contributed by atoms with van der Waals surface area (Å²) >= 11 is 2.22. The molecule has 104 valence electrons. The fourth-order valence-electron chi connectivity index (χ4n) is 1.70. The molecule has 0 spiro atoms. The van der Waals surface area contributed by atoms with Crippen LogP contribution in [0.15, 0.2) is 48.5 Å². The van der Waals surface area contributed by atoms with Crippen LogP contribution < -0.4 is 15.4 Å². The molecule has 2 N–H and O–H groups in total. The van der Waals surface area contributed by atoms with Crippen molar-refractivity contribution >= 4 is 39.9 Å². The molecule has 4 nitrogen and oxygen atoms in total. The Labute approximate surface area is 131 Å². The SMILES string of the molecule is COc1ccccc1NCC(=O)Nc1ccc(I)cc1. The van der Waals surface area contributed by atoms with Crippen molar-refractivity contribution in [3.63, 3.8) is 0 Å². The van der Waals surface area contributed by atoms with Gasteiger partial charge in [-0.05, 0) is 59.0 Å². The van der Waals surface area contributed by atoms with Crippen LogP contribution in [0.25, 0.3) is 0 Å². The summed E-state index contributed by atoms with van der Waals surface area (Å²) < 4.78 is 6.35. The summed E-state index contributed by atoms with van der Waals surface area (Å²) in [5.41, 5.74) is 1.59. The minimum absolute atomic E-state index is 0.0999. The molecule has 1 amide bonds. The van der Waals surface area contributed by atoms with E-state index in [1.807, 2.05) is 48.5 Å². The van der Waals surface area contributed by atoms with Gasteiger partial charge in [-0.15, -0.1) is 0 Å². The van der Waals surface area contributed by atoms with E-state index in [1.165, 1.54) is 0 Å². The summed E-state index contributed by atoms with van der Waals surface area (Å²) in [5.74, 6) is 0.617. The number of para-hydroxylation sites is 2. The summed E-state index contributed by atoms with van der Waals surface area (Å²) in [5, 5.41) is 5.89. The molecule has 0 heterocycles. The zero-order chi connectivity index (χ0) is 14.4. The summed E-state index contributed by atoms with van der Waals surface area (Å²) in [6, 6.07) is 15.1. The molecule has 0 aliphatic rings. The van der Waals surface area contributed by atoms with Gasteiger partial charge in [0.05, 0.1) is 19.3 Å². The van der Waals surface area contributed by atoms with Gasteiger partial charge in [-0.25, -0.2) is 0 Å². The molecular weight excluding hydrogens is 367 g/mol. The van der Waals surface area contributed by atoms with Gasteiger partial charge in [0.2, 0.25) is 5.91 Å². The van der Waals surface area contributed by atoms with E-state index >= 15 is 0 Å². The highest BCUT2D eigenvalue weighted by Gasteiger charge is 2.05. The number of amides is 1. The van der Waals surface area contributed by atoms with Gasteiger partial charge in [-0.3, -0.25) is 4.79 Å². The lowest BCUT2D eigenvalue weighted by Gasteiger charge is -2.11. The molecule has 0 fully saturated rings. The molecule has 0 aliphatic heterocycles. The van der Waals surface area contributed by atoms with Crippen LogP contribution >= 0.6 is 22.6 Å². The van der Waals surface area contributed by atoms with Crippen molar-refractivity contribution in [3.05, 3.63) is 52.1 Å². The third kappa shape index (κ3) is 4.12. The molecule has 2 aromatic rings. The van der Waals surface area contributed by atoms with Gasteiger partial charge < -0.3 is 15.4 Å². The molecule has 2 aromatic carbocycles. The number of methoxy groups -OCH3 is 1. The number of hydrogen-bond donors (Lipinski definition) is 2. The molecule has 5 heteroatoms. The maximum Gasteiger partial charge on any atom is 0.243 e. The summed E-state index contributed by atoms with van der Waals surface area (Å²) in [6.45, 7) is 0.187. The molecule has 0 saturated carbocycles. The fourth-order valence-corrected chi connectivity index (χ4v) is 2.06. The number of halogens is 1. The average Bonchev–Trinajstić information content (AvgIpc) is 2.48. The van der Waals surface area contributed by atoms with E-state index in [0.717, 1.165) is 20.7 Å². The number of rotatable bonds is 5. The van der Waals surface area contributed by atoms with E-state index in [0.29, 0.717) is 0 Å². The number of carbonyl (C=O) groups is 1. The lowest BCUT2D eigenvalue weighted by molar-refractivity contribution is -0.114. The van der Waals surface area contributed by atoms with Gasteiger partial charge in [0.1, 0.15) is 5.75 Å². The second-order valence-corrected chi connectivity index (χ2v) is 5.35. The molecule has 0 bridgehead atoms. The zero-order valence-corrected chi connectivity index (χ0v) is 13.2. The Balaban J connectivity index is 1.90. The Morgan fingerprint density at radius 3 is 2.55 bits per heavy atom. The van der Waals surface area contributed by atoms with Crippen molar-refractivity contribution in [1.82, 2.24) is 0 Å². The Hall–Kier alpha value is -1.76. The average molecular weight is 382 g/mol. The van der Waals surface area contributed by atoms with Gasteiger partial charge in [-0.2, -0.15) is 0 Å². The number of nitrogens with one attached hydrogen (secondary N) is 2. The molecule has 2 rings (SSSR count). The molecule has 0 atom stereocenters. The maximum absolute atomic E-state index is 11.9. The van der Waals surface area contributed by atoms with E-state index in [9.17, 15) is 4.79 Å². The number of benzene rings is 2. The molecule has 0 aromatic heterocycles. The van der Waals surface area contributed by atoms with Crippen molar-refractivity contribution in [2.75, 3.05) is 24.3 Å². The first-order valence-electron chi connectivity index (χ1n) is 6.11. The highest BCUT2D eigenvalue weighted by atomic mass is 127. The Morgan fingerprint density at radius 2 is 1.85 bits per heavy atom. The molecule has 0 unspecified atom stereocenters. The summed E-state index contributed by atoms with van der Waals surface area (Å²) in [4.78, 5) is 11.9. The maximum atomic E-state index is 11.9. The van der Waals surface area contributed by atoms with E-state index < -0.39 is 0 Å². The highest BCUT2D eigenvalue weighted by Crippen LogP contribution is 2.22. The van der Waals surface area contributed by atoms with Crippen LogP contribution in [0.4, 0.5) is 11.4 Å². The van der Waals surface area contributed by atoms with Gasteiger partial charge in [-0.1, -0.05) is 12.1 Å². The predicted octanol–water partition coefficient (Wildman–Crippen LogP) is 3.35. The quantitative estimate of drug-likeness (QED) is 0.780. The highest BCUT2D eigenvalue weighted by molar-refractivity contribution is 14.1. The van der Waals surface area contributed by atoms with Crippen molar-refractivity contribution in [1.29, 1.82) is 0 Å². The summed E-state index contributed by atoms with van der Waals surface area (Å²) in [6.07, 6.45) is 0. The predicted molar refractivity (Wildman–Crippen MR) is 89.3 cm³/mol. The minimum atomic E-state index is -0.0999. The first-order chi connectivity index (χ1) is 9.69. The van der Waals surface area contributed by atoms with Crippen LogP contribution in [0.5, 0.6) is 5.75 Å². The van der Waals surface area contributed by atoms with Gasteiger partial charge in [0.15, 0.2) is 0 Å². The van der Waals surface area contributed by atoms with Crippen molar-refractivity contribution < 1.29 is 9.53 Å². The number of ether oxygens (including phenoxy) is 1. The monoisotopic (exact) mass is 382 g/mol. The number of hydrogen-bond acceptors (Lipinski definition) is 3. The first kappa shape index (κ1) is 14.6. The van der Waals surface area contributed by atoms with Crippen molar-refractivity contribution in [3.8, 4) is 5.75 Å². The third-order valence-electron chi connectivity index (χ3n) is 2.67. The van der Waals surface area contributed by atoms with Crippen LogP contribution in [0, 0.1) is 3.57 Å². The molecule has 0 radical (unpaired) electrons. The zero-order valence-electron chi connectivity index (χ0n) is 11.0. The normalized spacial score (nSPS) is 9.90. The lowest BCUT2D eigenvalue weighted by atomic mass is 10.3. The second-order valence-electron chi connectivity index (χ2n) is 4.11. The van der Waals surface area contributed by atoms with Crippen molar-refractivity contribution in [2.24, 2.45) is 0 Å². The second kappa shape index (κ2) is 7.14. The third-order valence-corrected chi connectivity index (χ3v) is 3.39. The first-order valence-corrected chi connectivity index (χ1v) is 7.19. The van der Waals surface area contributed by atoms with Crippen LogP contribution in [-0.4, -0.2) is 19.6 Å². The van der Waals surface area contributed by atoms with Crippen LogP contribution in [0.1, 0.15) is 0 Å². The molecule has 0 saturated heterocycles. The molecule has 20 heavy (non-hydrogen) atoms. The molecule has 0 aliphatic carbocycles. The van der Waals surface area contributed by atoms with Crippen LogP contribution in [-0.2, 0) is 4.79 Å². The largest absolute Gasteiger partial charge is 0.495 e. The van der Waals surface area contributed by atoms with Crippen LogP contribution in [0.2, 0.25) is 0 Å². The van der Waals surface area contributed by atoms with Crippen molar-refractivity contribution in [2.45, 2.75) is 0 Å². The lowest BCUT2D eigenvalue weighted by Crippen LogP contribution is -2.21. The number of carbonyl (C=O) groups excluding carboxylic acids is 1. The number of anilines is 2. The minimum Gasteiger partial charge on any atom is -0.495 e. The topological polar surface area (TPSA) is 50.4 Å². The van der Waals surface area contributed by atoms with E-state index in [2.05, 4.69) is 33.2 Å². The molecular formula is C15H15IN2O2. The van der Waals surface area contributed by atoms with Gasteiger partial charge in [0.25, 0.3) is 0 Å². The summed E-state index contributed by atoms with van der Waals surface area (Å²) in [7, 11) is 1.60. The smallest absolute Gasteiger partial charge is 0.243 e. The van der Waals surface area contributed by atoms with Crippen LogP contribution in [0.3, 0.4) is 0 Å². The van der Waals surface area contributed by atoms with Gasteiger partial charge >= 0.3 is 0 Å². The van der Waals surface area contributed by atoms with Gasteiger partial charge in [0, 0.05) is 9.26 Å². The fraction of sp³-hybridized carbons (Fsp3) is 0.133. The Morgan fingerprint density at radius 1 is 1.15 bits per heavy atom.